The molecule has 2 atom stereocenters. The number of ether oxygens (including phenoxy) is 1. The molecule has 0 spiro atoms. The zero-order valence-electron chi connectivity index (χ0n) is 54.3. The average Bonchev–Trinajstić information content (AvgIpc) is 3.46. The number of carbonyl (C=O) groups is 2. The lowest BCUT2D eigenvalue weighted by atomic mass is 10.0. The van der Waals surface area contributed by atoms with E-state index in [2.05, 4.69) is 31.3 Å². The molecule has 0 fully saturated rings. The highest BCUT2D eigenvalue weighted by Crippen LogP contribution is 2.19. The predicted octanol–water partition coefficient (Wildman–Crippen LogP) is 23.7. The lowest BCUT2D eigenvalue weighted by Gasteiger charge is -2.20. The zero-order valence-corrected chi connectivity index (χ0v) is 54.3. The van der Waals surface area contributed by atoms with E-state index in [9.17, 15) is 19.8 Å². The number of esters is 1. The van der Waals surface area contributed by atoms with Crippen LogP contribution in [0.15, 0.2) is 24.3 Å². The number of hydrogen-bond donors (Lipinski definition) is 3. The molecule has 0 aliphatic heterocycles. The first kappa shape index (κ1) is 78.3. The second kappa shape index (κ2) is 69.8. The van der Waals surface area contributed by atoms with Gasteiger partial charge >= 0.3 is 5.97 Å². The molecule has 3 N–H and O–H groups in total. The van der Waals surface area contributed by atoms with Crippen molar-refractivity contribution in [1.82, 2.24) is 5.32 Å². The summed E-state index contributed by atoms with van der Waals surface area (Å²) < 4.78 is 5.51. The number of amides is 1. The van der Waals surface area contributed by atoms with Crippen molar-refractivity contribution in [3.05, 3.63) is 24.3 Å². The summed E-state index contributed by atoms with van der Waals surface area (Å²) in [4.78, 5) is 24.6. The minimum Gasteiger partial charge on any atom is -0.466 e. The Morgan fingerprint density at radius 2 is 0.588 bits per heavy atom. The Balaban J connectivity index is 3.36. The summed E-state index contributed by atoms with van der Waals surface area (Å²) >= 11 is 0. The molecule has 0 aliphatic rings. The number of aliphatic hydroxyl groups excluding tert-OH is 2. The van der Waals surface area contributed by atoms with Gasteiger partial charge in [0, 0.05) is 12.8 Å². The maximum absolute atomic E-state index is 12.5. The number of carbonyl (C=O) groups excluding carboxylic acids is 2. The van der Waals surface area contributed by atoms with E-state index in [-0.39, 0.29) is 18.5 Å². The maximum atomic E-state index is 12.5. The molecule has 0 aliphatic carbocycles. The molecule has 0 saturated carbocycles. The molecule has 2 unspecified atom stereocenters. The first-order chi connectivity index (χ1) is 39.5. The average molecular weight is 1130 g/mol. The van der Waals surface area contributed by atoms with Crippen LogP contribution in [0, 0.1) is 0 Å². The van der Waals surface area contributed by atoms with Gasteiger partial charge in [-0.2, -0.15) is 0 Å². The SMILES string of the molecule is CCCCCCCC/C=C\CCCCCCCCCCCC(=O)OCCCCCCCCCCCCCCCCCCCCCCCCCCCCC(=O)NC(CO)C(O)/C=C/CCCCCCCCCCCCCCCCCC. The Kier molecular flexibility index (Phi) is 68.4. The fraction of sp³-hybridized carbons (Fsp3) is 0.919. The lowest BCUT2D eigenvalue weighted by molar-refractivity contribution is -0.143. The van der Waals surface area contributed by atoms with Crippen LogP contribution in [0.3, 0.4) is 0 Å². The van der Waals surface area contributed by atoms with Crippen LogP contribution in [0.25, 0.3) is 0 Å². The Bertz CT molecular complexity index is 1250. The predicted molar refractivity (Wildman–Crippen MR) is 352 cm³/mol. The van der Waals surface area contributed by atoms with Crippen molar-refractivity contribution in [2.75, 3.05) is 13.2 Å². The molecule has 0 rings (SSSR count). The van der Waals surface area contributed by atoms with Crippen molar-refractivity contribution in [3.8, 4) is 0 Å². The molecule has 0 radical (unpaired) electrons. The van der Waals surface area contributed by atoms with E-state index in [1.807, 2.05) is 6.08 Å². The van der Waals surface area contributed by atoms with E-state index >= 15 is 0 Å². The molecular weight excluding hydrogens is 983 g/mol. The fourth-order valence-electron chi connectivity index (χ4n) is 11.6. The van der Waals surface area contributed by atoms with Crippen LogP contribution in [0.5, 0.6) is 0 Å². The van der Waals surface area contributed by atoms with E-state index in [0.717, 1.165) is 38.5 Å². The molecule has 0 aromatic carbocycles. The summed E-state index contributed by atoms with van der Waals surface area (Å²) in [5.41, 5.74) is 0. The standard InChI is InChI=1S/C74H143NO5/c1-3-5-7-9-11-13-15-17-19-21-31-36-40-44-48-52-56-60-64-68-74(79)80-69-65-61-57-53-49-45-41-37-33-30-28-26-24-23-25-27-29-32-35-39-43-47-51-55-59-63-67-73(78)75-71(70-76)72(77)66-62-58-54-50-46-42-38-34-22-20-18-16-14-12-10-8-6-4-2/h17,19,62,66,71-72,76-77H,3-16,18,20-61,63-65,67-70H2,1-2H3,(H,75,78)/b19-17-,66-62+. The molecule has 0 aromatic heterocycles. The second-order valence-electron chi connectivity index (χ2n) is 25.3. The molecule has 0 saturated heterocycles. The van der Waals surface area contributed by atoms with E-state index in [1.54, 1.807) is 6.08 Å². The first-order valence-corrected chi connectivity index (χ1v) is 36.6. The molecule has 6 heteroatoms. The van der Waals surface area contributed by atoms with E-state index in [1.165, 1.54) is 347 Å². The van der Waals surface area contributed by atoms with E-state index < -0.39 is 12.1 Å². The number of allylic oxidation sites excluding steroid dienone is 3. The summed E-state index contributed by atoms with van der Waals surface area (Å²) in [6.45, 7) is 4.94. The van der Waals surface area contributed by atoms with Gasteiger partial charge in [-0.25, -0.2) is 0 Å². The van der Waals surface area contributed by atoms with Crippen molar-refractivity contribution >= 4 is 11.9 Å². The highest BCUT2D eigenvalue weighted by atomic mass is 16.5. The van der Waals surface area contributed by atoms with Crippen molar-refractivity contribution in [3.63, 3.8) is 0 Å². The van der Waals surface area contributed by atoms with Gasteiger partial charge in [-0.05, 0) is 57.8 Å². The van der Waals surface area contributed by atoms with Gasteiger partial charge in [0.05, 0.1) is 25.4 Å². The van der Waals surface area contributed by atoms with Crippen molar-refractivity contribution in [2.45, 2.75) is 424 Å². The van der Waals surface area contributed by atoms with Crippen LogP contribution in [0.1, 0.15) is 412 Å². The third-order valence-electron chi connectivity index (χ3n) is 17.2. The van der Waals surface area contributed by atoms with Crippen LogP contribution in [0.4, 0.5) is 0 Å². The van der Waals surface area contributed by atoms with Gasteiger partial charge < -0.3 is 20.3 Å². The lowest BCUT2D eigenvalue weighted by Crippen LogP contribution is -2.45. The zero-order chi connectivity index (χ0) is 57.8. The molecule has 0 aromatic rings. The smallest absolute Gasteiger partial charge is 0.305 e. The number of rotatable bonds is 69. The van der Waals surface area contributed by atoms with Crippen LogP contribution < -0.4 is 5.32 Å². The molecule has 80 heavy (non-hydrogen) atoms. The van der Waals surface area contributed by atoms with E-state index in [4.69, 9.17) is 4.74 Å². The van der Waals surface area contributed by atoms with Gasteiger partial charge in [0.25, 0.3) is 0 Å². The summed E-state index contributed by atoms with van der Waals surface area (Å²) in [5.74, 6) is -0.0447. The minimum atomic E-state index is -0.843. The van der Waals surface area contributed by atoms with Gasteiger partial charge in [0.1, 0.15) is 0 Å². The van der Waals surface area contributed by atoms with E-state index in [0.29, 0.717) is 19.4 Å². The van der Waals surface area contributed by atoms with Gasteiger partial charge in [0.15, 0.2) is 0 Å². The van der Waals surface area contributed by atoms with Crippen LogP contribution in [-0.2, 0) is 14.3 Å². The van der Waals surface area contributed by atoms with Crippen LogP contribution in [0.2, 0.25) is 0 Å². The maximum Gasteiger partial charge on any atom is 0.305 e. The highest BCUT2D eigenvalue weighted by Gasteiger charge is 2.18. The first-order valence-electron chi connectivity index (χ1n) is 36.6. The summed E-state index contributed by atoms with van der Waals surface area (Å²) in [6.07, 6.45) is 88.4. The summed E-state index contributed by atoms with van der Waals surface area (Å²) in [7, 11) is 0. The molecule has 1 amide bonds. The summed E-state index contributed by atoms with van der Waals surface area (Å²) in [5, 5.41) is 23.2. The summed E-state index contributed by atoms with van der Waals surface area (Å²) in [6, 6.07) is -0.626. The Morgan fingerprint density at radius 3 is 0.887 bits per heavy atom. The minimum absolute atomic E-state index is 0.0173. The number of aliphatic hydroxyl groups is 2. The molecule has 6 nitrogen and oxygen atoms in total. The Morgan fingerprint density at radius 1 is 0.338 bits per heavy atom. The molecule has 0 bridgehead atoms. The van der Waals surface area contributed by atoms with Gasteiger partial charge in [-0.15, -0.1) is 0 Å². The van der Waals surface area contributed by atoms with Gasteiger partial charge in [-0.3, -0.25) is 9.59 Å². The quantitative estimate of drug-likeness (QED) is 0.0320. The molecule has 0 heterocycles. The monoisotopic (exact) mass is 1130 g/mol. The third kappa shape index (κ3) is 65.5. The largest absolute Gasteiger partial charge is 0.466 e. The van der Waals surface area contributed by atoms with Crippen molar-refractivity contribution in [2.24, 2.45) is 0 Å². The highest BCUT2D eigenvalue weighted by molar-refractivity contribution is 5.76. The van der Waals surface area contributed by atoms with Gasteiger partial charge in [-0.1, -0.05) is 366 Å². The normalized spacial score (nSPS) is 12.6. The fourth-order valence-corrected chi connectivity index (χ4v) is 11.6. The van der Waals surface area contributed by atoms with Crippen LogP contribution >= 0.6 is 0 Å². The third-order valence-corrected chi connectivity index (χ3v) is 17.2. The number of unbranched alkanes of at least 4 members (excludes halogenated alkanes) is 56. The second-order valence-corrected chi connectivity index (χ2v) is 25.3. The van der Waals surface area contributed by atoms with Crippen molar-refractivity contribution < 1.29 is 24.5 Å². The van der Waals surface area contributed by atoms with Crippen LogP contribution in [-0.4, -0.2) is 47.4 Å². The number of hydrogen-bond acceptors (Lipinski definition) is 5. The Labute approximate surface area is 501 Å². The molecular formula is C74H143NO5. The Hall–Kier alpha value is -1.66. The number of nitrogens with one attached hydrogen (secondary N) is 1. The van der Waals surface area contributed by atoms with Gasteiger partial charge in [0.2, 0.25) is 5.91 Å². The topological polar surface area (TPSA) is 95.9 Å². The molecule has 474 valence electrons. The van der Waals surface area contributed by atoms with Crippen molar-refractivity contribution in [1.29, 1.82) is 0 Å².